The van der Waals surface area contributed by atoms with Gasteiger partial charge in [0, 0.05) is 18.8 Å². The first kappa shape index (κ1) is 21.7. The zero-order valence-electron chi connectivity index (χ0n) is 17.1. The summed E-state index contributed by atoms with van der Waals surface area (Å²) in [5.41, 5.74) is 2.16. The molecule has 1 saturated carbocycles. The lowest BCUT2D eigenvalue weighted by Crippen LogP contribution is -2.37. The number of hydrogen-bond donors (Lipinski definition) is 1. The molecular weight excluding hydrogens is 388 g/mol. The first-order valence-corrected chi connectivity index (χ1v) is 12.0. The molecule has 1 atom stereocenters. The monoisotopic (exact) mass is 418 g/mol. The minimum Gasteiger partial charge on any atom is -0.376 e. The first-order valence-electron chi connectivity index (χ1n) is 10.1. The number of benzene rings is 1. The van der Waals surface area contributed by atoms with Crippen LogP contribution in [0, 0.1) is 6.92 Å². The van der Waals surface area contributed by atoms with Crippen molar-refractivity contribution in [1.82, 2.24) is 9.29 Å². The lowest BCUT2D eigenvalue weighted by atomic mass is 9.83. The lowest BCUT2D eigenvalue weighted by Gasteiger charge is -2.30. The number of sulfonamides is 1. The van der Waals surface area contributed by atoms with Crippen molar-refractivity contribution in [3.63, 3.8) is 0 Å². The molecule has 1 N–H and O–H groups in total. The second-order valence-electron chi connectivity index (χ2n) is 7.94. The van der Waals surface area contributed by atoms with Gasteiger partial charge in [0.25, 0.3) is 5.56 Å². The van der Waals surface area contributed by atoms with Gasteiger partial charge in [-0.3, -0.25) is 4.79 Å². The Kier molecular flexibility index (Phi) is 7.27. The van der Waals surface area contributed by atoms with Crippen molar-refractivity contribution in [2.45, 2.75) is 50.7 Å². The Balaban J connectivity index is 1.61. The van der Waals surface area contributed by atoms with E-state index in [1.165, 1.54) is 11.6 Å². The summed E-state index contributed by atoms with van der Waals surface area (Å²) in [4.78, 5) is 12.3. The number of aromatic nitrogens is 1. The smallest absolute Gasteiger partial charge is 0.250 e. The van der Waals surface area contributed by atoms with Crippen molar-refractivity contribution in [3.05, 3.63) is 70.1 Å². The first-order chi connectivity index (χ1) is 13.8. The third-order valence-corrected chi connectivity index (χ3v) is 6.22. The van der Waals surface area contributed by atoms with E-state index in [0.29, 0.717) is 12.5 Å². The van der Waals surface area contributed by atoms with Crippen molar-refractivity contribution in [2.75, 3.05) is 19.4 Å². The molecule has 1 aromatic heterocycles. The normalized spacial score (nSPS) is 21.0. The third-order valence-electron chi connectivity index (χ3n) is 5.53. The van der Waals surface area contributed by atoms with Crippen LogP contribution in [0.15, 0.2) is 53.5 Å². The maximum Gasteiger partial charge on any atom is 0.250 e. The van der Waals surface area contributed by atoms with E-state index in [0.717, 1.165) is 37.5 Å². The largest absolute Gasteiger partial charge is 0.376 e. The predicted octanol–water partition coefficient (Wildman–Crippen LogP) is 2.99. The van der Waals surface area contributed by atoms with Crippen LogP contribution in [0.5, 0.6) is 0 Å². The summed E-state index contributed by atoms with van der Waals surface area (Å²) in [6, 6.07) is 13.4. The van der Waals surface area contributed by atoms with E-state index in [1.54, 1.807) is 16.8 Å². The van der Waals surface area contributed by atoms with Crippen LogP contribution in [-0.2, 0) is 14.8 Å². The molecule has 0 spiro atoms. The average molecular weight is 419 g/mol. The predicted molar refractivity (Wildman–Crippen MR) is 115 cm³/mol. The molecule has 1 aliphatic rings. The van der Waals surface area contributed by atoms with Crippen LogP contribution in [-0.4, -0.2) is 38.5 Å². The van der Waals surface area contributed by atoms with E-state index in [9.17, 15) is 13.2 Å². The molecule has 6 nitrogen and oxygen atoms in total. The van der Waals surface area contributed by atoms with Gasteiger partial charge in [-0.2, -0.15) is 0 Å². The Bertz CT molecular complexity index is 948. The van der Waals surface area contributed by atoms with Crippen molar-refractivity contribution in [1.29, 1.82) is 0 Å². The van der Waals surface area contributed by atoms with Gasteiger partial charge in [-0.25, -0.2) is 13.1 Å². The van der Waals surface area contributed by atoms with Crippen molar-refractivity contribution in [3.8, 4) is 0 Å². The van der Waals surface area contributed by atoms with Crippen molar-refractivity contribution in [2.24, 2.45) is 0 Å². The number of aryl methyl sites for hydroxylation is 1. The van der Waals surface area contributed by atoms with Gasteiger partial charge in [-0.05, 0) is 49.7 Å². The SMILES string of the molecule is Cc1ccc(=O)n([C@H](CNS(C)(=O)=O)COC2CCC(c3ccccc3)CC2)c1. The van der Waals surface area contributed by atoms with E-state index < -0.39 is 10.0 Å². The Labute approximate surface area is 173 Å². The molecule has 7 heteroatoms. The van der Waals surface area contributed by atoms with Crippen LogP contribution < -0.4 is 10.3 Å². The fourth-order valence-electron chi connectivity index (χ4n) is 3.92. The van der Waals surface area contributed by atoms with E-state index in [-0.39, 0.29) is 24.2 Å². The number of rotatable bonds is 8. The molecule has 2 aromatic rings. The Morgan fingerprint density at radius 3 is 2.45 bits per heavy atom. The molecule has 1 fully saturated rings. The van der Waals surface area contributed by atoms with E-state index in [1.807, 2.05) is 13.0 Å². The number of hydrogen-bond acceptors (Lipinski definition) is 4. The minimum absolute atomic E-state index is 0.127. The second kappa shape index (κ2) is 9.69. The van der Waals surface area contributed by atoms with Gasteiger partial charge in [0.2, 0.25) is 10.0 Å². The summed E-state index contributed by atoms with van der Waals surface area (Å²) < 4.78 is 33.4. The molecule has 0 amide bonds. The molecule has 158 valence electrons. The second-order valence-corrected chi connectivity index (χ2v) is 9.78. The van der Waals surface area contributed by atoms with Crippen LogP contribution in [0.3, 0.4) is 0 Å². The van der Waals surface area contributed by atoms with Crippen molar-refractivity contribution < 1.29 is 13.2 Å². The zero-order valence-corrected chi connectivity index (χ0v) is 17.9. The van der Waals surface area contributed by atoms with Crippen LogP contribution in [0.1, 0.15) is 48.8 Å². The highest BCUT2D eigenvalue weighted by atomic mass is 32.2. The van der Waals surface area contributed by atoms with Crippen molar-refractivity contribution >= 4 is 10.0 Å². The molecule has 0 radical (unpaired) electrons. The maximum absolute atomic E-state index is 12.3. The molecule has 29 heavy (non-hydrogen) atoms. The van der Waals surface area contributed by atoms with E-state index in [2.05, 4.69) is 29.0 Å². The number of ether oxygens (including phenoxy) is 1. The standard InChI is InChI=1S/C22H30N2O4S/c1-17-8-13-22(25)24(15-17)20(14-23-29(2,26)27)16-28-21-11-9-19(10-12-21)18-6-4-3-5-7-18/h3-8,13,15,19-21,23H,9-12,14,16H2,1-2H3/t19?,20-,21?/m1/s1. The van der Waals surface area contributed by atoms with E-state index >= 15 is 0 Å². The van der Waals surface area contributed by atoms with Gasteiger partial charge in [0.05, 0.1) is 25.0 Å². The Morgan fingerprint density at radius 2 is 1.79 bits per heavy atom. The molecule has 1 aromatic carbocycles. The average Bonchev–Trinajstić information content (AvgIpc) is 2.70. The summed E-state index contributed by atoms with van der Waals surface area (Å²) in [6.07, 6.45) is 7.09. The molecule has 3 rings (SSSR count). The Hall–Kier alpha value is -1.96. The van der Waals surface area contributed by atoms with Gasteiger partial charge >= 0.3 is 0 Å². The summed E-state index contributed by atoms with van der Waals surface area (Å²) in [7, 11) is -3.35. The quantitative estimate of drug-likeness (QED) is 0.715. The van der Waals surface area contributed by atoms with Gasteiger partial charge in [0.1, 0.15) is 0 Å². The van der Waals surface area contributed by atoms with Gasteiger partial charge in [-0.1, -0.05) is 36.4 Å². The van der Waals surface area contributed by atoms with Crippen LogP contribution >= 0.6 is 0 Å². The van der Waals surface area contributed by atoms with E-state index in [4.69, 9.17) is 4.74 Å². The minimum atomic E-state index is -3.35. The fourth-order valence-corrected chi connectivity index (χ4v) is 4.42. The van der Waals surface area contributed by atoms with Crippen LogP contribution in [0.2, 0.25) is 0 Å². The van der Waals surface area contributed by atoms with Gasteiger partial charge in [-0.15, -0.1) is 0 Å². The molecular formula is C22H30N2O4S. The molecule has 0 unspecified atom stereocenters. The third kappa shape index (κ3) is 6.52. The van der Waals surface area contributed by atoms with Crippen LogP contribution in [0.25, 0.3) is 0 Å². The number of pyridine rings is 1. The van der Waals surface area contributed by atoms with Gasteiger partial charge < -0.3 is 9.30 Å². The summed E-state index contributed by atoms with van der Waals surface area (Å²) >= 11 is 0. The highest BCUT2D eigenvalue weighted by Crippen LogP contribution is 2.34. The molecule has 0 aliphatic heterocycles. The lowest BCUT2D eigenvalue weighted by molar-refractivity contribution is 0.00735. The van der Waals surface area contributed by atoms with Gasteiger partial charge in [0.15, 0.2) is 0 Å². The zero-order chi connectivity index (χ0) is 20.9. The highest BCUT2D eigenvalue weighted by Gasteiger charge is 2.24. The molecule has 1 heterocycles. The Morgan fingerprint density at radius 1 is 1.10 bits per heavy atom. The molecule has 0 saturated heterocycles. The summed E-state index contributed by atoms with van der Waals surface area (Å²) in [5.74, 6) is 0.568. The number of nitrogens with one attached hydrogen (secondary N) is 1. The highest BCUT2D eigenvalue weighted by molar-refractivity contribution is 7.88. The fraction of sp³-hybridized carbons (Fsp3) is 0.500. The summed E-state index contributed by atoms with van der Waals surface area (Å²) in [6.45, 7) is 2.33. The molecule has 1 aliphatic carbocycles. The maximum atomic E-state index is 12.3. The number of nitrogens with zero attached hydrogens (tertiary/aromatic N) is 1. The van der Waals surface area contributed by atoms with Crippen LogP contribution in [0.4, 0.5) is 0 Å². The molecule has 0 bridgehead atoms. The topological polar surface area (TPSA) is 77.4 Å². The summed E-state index contributed by atoms with van der Waals surface area (Å²) in [5, 5.41) is 0.